The van der Waals surface area contributed by atoms with Crippen LogP contribution in [0.2, 0.25) is 0 Å². The third-order valence-corrected chi connectivity index (χ3v) is 2.57. The topological polar surface area (TPSA) is 32.7 Å². The lowest BCUT2D eigenvalue weighted by Crippen LogP contribution is -2.16. The quantitative estimate of drug-likeness (QED) is 0.689. The lowest BCUT2D eigenvalue weighted by atomic mass is 10.1. The fraction of sp³-hybridized carbons (Fsp3) is 0.455. The Balaban J connectivity index is 3.26. The highest BCUT2D eigenvalue weighted by molar-refractivity contribution is 5.68. The van der Waals surface area contributed by atoms with Gasteiger partial charge in [0.15, 0.2) is 0 Å². The van der Waals surface area contributed by atoms with Crippen molar-refractivity contribution in [2.75, 3.05) is 18.5 Å². The smallest absolute Gasteiger partial charge is 0.131 e. The van der Waals surface area contributed by atoms with Gasteiger partial charge in [-0.1, -0.05) is 0 Å². The standard InChI is InChI=1S/C11H16N2O/c1-5-13(4)11-7-9(3)8(2)6-10(11)12-14/h6-7H,5H2,1-4H3. The van der Waals surface area contributed by atoms with Crippen LogP contribution in [0.15, 0.2) is 17.3 Å². The van der Waals surface area contributed by atoms with Crippen molar-refractivity contribution in [1.82, 2.24) is 0 Å². The van der Waals surface area contributed by atoms with Gasteiger partial charge in [-0.15, -0.1) is 4.91 Å². The SMILES string of the molecule is CCN(C)c1cc(C)c(C)cc1N=O. The number of anilines is 1. The molecule has 0 aliphatic rings. The minimum atomic E-state index is 0.525. The predicted octanol–water partition coefficient (Wildman–Crippen LogP) is 3.16. The zero-order valence-electron chi connectivity index (χ0n) is 9.16. The van der Waals surface area contributed by atoms with Crippen LogP contribution in [-0.2, 0) is 0 Å². The van der Waals surface area contributed by atoms with Crippen LogP contribution >= 0.6 is 0 Å². The van der Waals surface area contributed by atoms with Crippen LogP contribution in [0.25, 0.3) is 0 Å². The average Bonchev–Trinajstić information content (AvgIpc) is 2.20. The van der Waals surface area contributed by atoms with Gasteiger partial charge in [-0.3, -0.25) is 0 Å². The maximum atomic E-state index is 10.6. The number of rotatable bonds is 3. The van der Waals surface area contributed by atoms with Gasteiger partial charge in [-0.2, -0.15) is 0 Å². The van der Waals surface area contributed by atoms with E-state index in [-0.39, 0.29) is 0 Å². The summed E-state index contributed by atoms with van der Waals surface area (Å²) in [6.07, 6.45) is 0. The lowest BCUT2D eigenvalue weighted by Gasteiger charge is -2.19. The van der Waals surface area contributed by atoms with Gasteiger partial charge in [0.25, 0.3) is 0 Å². The molecule has 3 nitrogen and oxygen atoms in total. The number of nitroso groups, excluding NO2 is 1. The summed E-state index contributed by atoms with van der Waals surface area (Å²) in [4.78, 5) is 12.7. The maximum absolute atomic E-state index is 10.6. The zero-order valence-corrected chi connectivity index (χ0v) is 9.16. The van der Waals surface area contributed by atoms with Gasteiger partial charge in [-0.05, 0) is 49.2 Å². The molecule has 76 valence electrons. The second-order valence-corrected chi connectivity index (χ2v) is 3.53. The first-order valence-corrected chi connectivity index (χ1v) is 4.76. The molecule has 14 heavy (non-hydrogen) atoms. The van der Waals surface area contributed by atoms with Crippen LogP contribution in [0.3, 0.4) is 0 Å². The first kappa shape index (κ1) is 10.7. The molecule has 0 aliphatic heterocycles. The van der Waals surface area contributed by atoms with E-state index in [0.29, 0.717) is 5.69 Å². The second kappa shape index (κ2) is 4.22. The van der Waals surface area contributed by atoms with Crippen molar-refractivity contribution < 1.29 is 0 Å². The Morgan fingerprint density at radius 2 is 1.86 bits per heavy atom. The Morgan fingerprint density at radius 1 is 1.29 bits per heavy atom. The molecule has 0 spiro atoms. The van der Waals surface area contributed by atoms with Crippen molar-refractivity contribution in [3.8, 4) is 0 Å². The molecule has 0 radical (unpaired) electrons. The largest absolute Gasteiger partial charge is 0.373 e. The normalized spacial score (nSPS) is 10.0. The second-order valence-electron chi connectivity index (χ2n) is 3.53. The molecule has 3 heteroatoms. The van der Waals surface area contributed by atoms with E-state index >= 15 is 0 Å². The lowest BCUT2D eigenvalue weighted by molar-refractivity contribution is 0.965. The molecule has 0 fully saturated rings. The van der Waals surface area contributed by atoms with Gasteiger partial charge < -0.3 is 4.90 Å². The summed E-state index contributed by atoms with van der Waals surface area (Å²) in [5.41, 5.74) is 3.73. The summed E-state index contributed by atoms with van der Waals surface area (Å²) in [6.45, 7) is 6.94. The van der Waals surface area contributed by atoms with Crippen molar-refractivity contribution in [2.24, 2.45) is 5.18 Å². The molecule has 0 unspecified atom stereocenters. The summed E-state index contributed by atoms with van der Waals surface area (Å²) < 4.78 is 0. The highest BCUT2D eigenvalue weighted by Gasteiger charge is 2.08. The fourth-order valence-electron chi connectivity index (χ4n) is 1.33. The molecule has 0 saturated carbocycles. The van der Waals surface area contributed by atoms with Crippen LogP contribution in [0.1, 0.15) is 18.1 Å². The number of benzene rings is 1. The fourth-order valence-corrected chi connectivity index (χ4v) is 1.33. The third-order valence-electron chi connectivity index (χ3n) is 2.57. The Hall–Kier alpha value is -1.38. The Kier molecular flexibility index (Phi) is 3.23. The van der Waals surface area contributed by atoms with E-state index in [0.717, 1.165) is 17.8 Å². The highest BCUT2D eigenvalue weighted by Crippen LogP contribution is 2.30. The van der Waals surface area contributed by atoms with E-state index < -0.39 is 0 Å². The molecular weight excluding hydrogens is 176 g/mol. The van der Waals surface area contributed by atoms with E-state index in [1.54, 1.807) is 0 Å². The molecule has 1 aromatic carbocycles. The molecule has 0 bridgehead atoms. The van der Waals surface area contributed by atoms with E-state index in [4.69, 9.17) is 0 Å². The molecule has 1 aromatic rings. The Labute approximate surface area is 84.7 Å². The summed E-state index contributed by atoms with van der Waals surface area (Å²) >= 11 is 0. The van der Waals surface area contributed by atoms with E-state index in [1.165, 1.54) is 5.56 Å². The molecule has 0 amide bonds. The molecule has 0 atom stereocenters. The summed E-state index contributed by atoms with van der Waals surface area (Å²) in [7, 11) is 1.96. The minimum Gasteiger partial charge on any atom is -0.373 e. The number of nitrogens with zero attached hydrogens (tertiary/aromatic N) is 2. The van der Waals surface area contributed by atoms with Gasteiger partial charge in [0, 0.05) is 13.6 Å². The molecular formula is C11H16N2O. The monoisotopic (exact) mass is 192 g/mol. The van der Waals surface area contributed by atoms with E-state index in [1.807, 2.05) is 44.9 Å². The Morgan fingerprint density at radius 3 is 2.36 bits per heavy atom. The van der Waals surface area contributed by atoms with Crippen LogP contribution < -0.4 is 4.90 Å². The van der Waals surface area contributed by atoms with Gasteiger partial charge in [0.05, 0.1) is 5.69 Å². The molecule has 0 heterocycles. The van der Waals surface area contributed by atoms with E-state index in [2.05, 4.69) is 5.18 Å². The molecule has 0 aliphatic carbocycles. The van der Waals surface area contributed by atoms with Crippen LogP contribution in [-0.4, -0.2) is 13.6 Å². The Bertz CT molecular complexity index is 347. The van der Waals surface area contributed by atoms with Gasteiger partial charge in [-0.25, -0.2) is 0 Å². The first-order chi connectivity index (χ1) is 6.60. The van der Waals surface area contributed by atoms with Crippen molar-refractivity contribution >= 4 is 11.4 Å². The average molecular weight is 192 g/mol. The highest BCUT2D eigenvalue weighted by atomic mass is 16.3. The van der Waals surface area contributed by atoms with Gasteiger partial charge >= 0.3 is 0 Å². The van der Waals surface area contributed by atoms with Crippen molar-refractivity contribution in [3.63, 3.8) is 0 Å². The number of aryl methyl sites for hydroxylation is 2. The van der Waals surface area contributed by atoms with Crippen LogP contribution in [0.4, 0.5) is 11.4 Å². The van der Waals surface area contributed by atoms with Crippen molar-refractivity contribution in [1.29, 1.82) is 0 Å². The number of hydrogen-bond acceptors (Lipinski definition) is 3. The van der Waals surface area contributed by atoms with Crippen molar-refractivity contribution in [2.45, 2.75) is 20.8 Å². The summed E-state index contributed by atoms with van der Waals surface area (Å²) in [5, 5.41) is 3.05. The van der Waals surface area contributed by atoms with Crippen molar-refractivity contribution in [3.05, 3.63) is 28.2 Å². The molecule has 0 aromatic heterocycles. The maximum Gasteiger partial charge on any atom is 0.131 e. The van der Waals surface area contributed by atoms with Gasteiger partial charge in [0.2, 0.25) is 0 Å². The predicted molar refractivity (Wildman–Crippen MR) is 60.3 cm³/mol. The number of hydrogen-bond donors (Lipinski definition) is 0. The molecule has 0 saturated heterocycles. The molecule has 0 N–H and O–H groups in total. The molecule has 1 rings (SSSR count). The third kappa shape index (κ3) is 1.92. The first-order valence-electron chi connectivity index (χ1n) is 4.76. The van der Waals surface area contributed by atoms with E-state index in [9.17, 15) is 4.91 Å². The summed E-state index contributed by atoms with van der Waals surface area (Å²) in [6, 6.07) is 3.85. The van der Waals surface area contributed by atoms with Crippen LogP contribution in [0.5, 0.6) is 0 Å². The van der Waals surface area contributed by atoms with Gasteiger partial charge in [0.1, 0.15) is 5.69 Å². The zero-order chi connectivity index (χ0) is 10.7. The summed E-state index contributed by atoms with van der Waals surface area (Å²) in [5.74, 6) is 0. The van der Waals surface area contributed by atoms with Crippen LogP contribution in [0, 0.1) is 18.8 Å². The minimum absolute atomic E-state index is 0.525.